The van der Waals surface area contributed by atoms with Crippen molar-refractivity contribution in [3.05, 3.63) is 21.2 Å². The zero-order valence-corrected chi connectivity index (χ0v) is 12.6. The molecule has 2 aromatic rings. The van der Waals surface area contributed by atoms with Crippen molar-refractivity contribution < 1.29 is 9.53 Å². The predicted octanol–water partition coefficient (Wildman–Crippen LogP) is 2.79. The zero-order chi connectivity index (χ0) is 13.3. The Morgan fingerprint density at radius 3 is 2.89 bits per heavy atom. The molecule has 0 amide bonds. The lowest BCUT2D eigenvalue weighted by atomic mass is 10.3. The molecule has 7 heteroatoms. The van der Waals surface area contributed by atoms with Crippen LogP contribution in [0.3, 0.4) is 0 Å². The largest absolute Gasteiger partial charge is 0.460 e. The van der Waals surface area contributed by atoms with Crippen LogP contribution >= 0.6 is 27.3 Å². The summed E-state index contributed by atoms with van der Waals surface area (Å²) >= 11 is 5.03. The highest BCUT2D eigenvalue weighted by atomic mass is 79.9. The van der Waals surface area contributed by atoms with Gasteiger partial charge in [0.2, 0.25) is 0 Å². The second-order valence-corrected chi connectivity index (χ2v) is 6.04. The smallest absolute Gasteiger partial charge is 0.378 e. The number of carbonyl (C=O) groups is 1. The Morgan fingerprint density at radius 2 is 2.33 bits per heavy atom. The molecule has 0 aliphatic heterocycles. The van der Waals surface area contributed by atoms with Crippen molar-refractivity contribution in [3.63, 3.8) is 0 Å². The van der Waals surface area contributed by atoms with Crippen LogP contribution < -0.4 is 0 Å². The molecule has 0 atom stereocenters. The number of hydrogen-bond donors (Lipinski definition) is 0. The molecule has 2 heterocycles. The van der Waals surface area contributed by atoms with Crippen molar-refractivity contribution in [2.45, 2.75) is 13.8 Å². The van der Waals surface area contributed by atoms with Gasteiger partial charge < -0.3 is 4.74 Å². The third-order valence-electron chi connectivity index (χ3n) is 2.30. The second-order valence-electron chi connectivity index (χ2n) is 3.67. The van der Waals surface area contributed by atoms with E-state index in [0.717, 1.165) is 14.2 Å². The van der Waals surface area contributed by atoms with Crippen LogP contribution in [0.5, 0.6) is 0 Å². The fourth-order valence-corrected chi connectivity index (χ4v) is 3.01. The maximum atomic E-state index is 11.5. The van der Waals surface area contributed by atoms with Gasteiger partial charge in [0.15, 0.2) is 5.82 Å². The Kier molecular flexibility index (Phi) is 3.82. The molecule has 0 aromatic carbocycles. The summed E-state index contributed by atoms with van der Waals surface area (Å²) in [6, 6.07) is 2.01. The van der Waals surface area contributed by atoms with Crippen LogP contribution in [-0.4, -0.2) is 27.3 Å². The summed E-state index contributed by atoms with van der Waals surface area (Å²) in [5.74, 6) is 0.264. The van der Waals surface area contributed by atoms with Gasteiger partial charge in [0, 0.05) is 7.05 Å². The minimum Gasteiger partial charge on any atom is -0.460 e. The van der Waals surface area contributed by atoms with Gasteiger partial charge in [-0.2, -0.15) is 0 Å². The molecule has 0 saturated heterocycles. The van der Waals surface area contributed by atoms with Gasteiger partial charge in [-0.25, -0.2) is 14.5 Å². The van der Waals surface area contributed by atoms with Crippen LogP contribution in [0.15, 0.2) is 9.85 Å². The quantitative estimate of drug-likeness (QED) is 0.812. The van der Waals surface area contributed by atoms with Crippen molar-refractivity contribution in [2.24, 2.45) is 7.05 Å². The monoisotopic (exact) mass is 329 g/mol. The average molecular weight is 330 g/mol. The first-order valence-corrected chi connectivity index (χ1v) is 6.98. The summed E-state index contributed by atoms with van der Waals surface area (Å²) in [6.07, 6.45) is 0. The third-order valence-corrected chi connectivity index (χ3v) is 4.43. The fraction of sp³-hybridized carbons (Fsp3) is 0.364. The number of aromatic nitrogens is 3. The number of carbonyl (C=O) groups excluding carboxylic acids is 1. The lowest BCUT2D eigenvalue weighted by Gasteiger charge is -1.94. The van der Waals surface area contributed by atoms with Gasteiger partial charge >= 0.3 is 5.97 Å². The van der Waals surface area contributed by atoms with Crippen molar-refractivity contribution in [1.29, 1.82) is 0 Å². The van der Waals surface area contributed by atoms with Crippen molar-refractivity contribution >= 4 is 33.2 Å². The van der Waals surface area contributed by atoms with E-state index in [0.29, 0.717) is 12.4 Å². The van der Waals surface area contributed by atoms with E-state index in [-0.39, 0.29) is 5.82 Å². The van der Waals surface area contributed by atoms with E-state index >= 15 is 0 Å². The Bertz CT molecular complexity index is 572. The minimum atomic E-state index is -0.494. The first kappa shape index (κ1) is 13.2. The van der Waals surface area contributed by atoms with Gasteiger partial charge in [-0.1, -0.05) is 0 Å². The fourth-order valence-electron chi connectivity index (χ4n) is 1.45. The number of ether oxygens (including phenoxy) is 1. The lowest BCUT2D eigenvalue weighted by Crippen LogP contribution is -2.07. The molecule has 0 aliphatic carbocycles. The summed E-state index contributed by atoms with van der Waals surface area (Å²) in [5, 5.41) is 4.07. The van der Waals surface area contributed by atoms with E-state index in [1.54, 1.807) is 30.0 Å². The number of esters is 1. The van der Waals surface area contributed by atoms with Crippen LogP contribution in [0.25, 0.3) is 10.7 Å². The van der Waals surface area contributed by atoms with Gasteiger partial charge in [0.1, 0.15) is 0 Å². The van der Waals surface area contributed by atoms with Crippen LogP contribution in [0.1, 0.15) is 23.1 Å². The average Bonchev–Trinajstić information content (AvgIpc) is 2.84. The lowest BCUT2D eigenvalue weighted by molar-refractivity contribution is 0.0512. The number of halogens is 1. The summed E-state index contributed by atoms with van der Waals surface area (Å²) in [4.78, 5) is 16.7. The van der Waals surface area contributed by atoms with E-state index in [2.05, 4.69) is 26.0 Å². The first-order valence-electron chi connectivity index (χ1n) is 5.37. The highest BCUT2D eigenvalue weighted by Gasteiger charge is 2.18. The van der Waals surface area contributed by atoms with E-state index in [9.17, 15) is 4.79 Å². The molecule has 0 unspecified atom stereocenters. The standard InChI is InChI=1S/C11H12BrN3O2S/c1-4-17-11(16)9-13-10(15(3)14-9)7-5-6(2)8(12)18-7/h5H,4H2,1-3H3. The van der Waals surface area contributed by atoms with E-state index in [1.165, 1.54) is 0 Å². The highest BCUT2D eigenvalue weighted by molar-refractivity contribution is 9.11. The van der Waals surface area contributed by atoms with Crippen molar-refractivity contribution in [2.75, 3.05) is 6.61 Å². The molecule has 0 N–H and O–H groups in total. The van der Waals surface area contributed by atoms with Crippen molar-refractivity contribution in [1.82, 2.24) is 14.8 Å². The highest BCUT2D eigenvalue weighted by Crippen LogP contribution is 2.33. The van der Waals surface area contributed by atoms with Crippen LogP contribution in [-0.2, 0) is 11.8 Å². The Labute approximate surface area is 117 Å². The number of aryl methyl sites for hydroxylation is 2. The Balaban J connectivity index is 2.37. The molecular formula is C11H12BrN3O2S. The maximum absolute atomic E-state index is 11.5. The molecule has 0 bridgehead atoms. The normalized spacial score (nSPS) is 10.7. The van der Waals surface area contributed by atoms with Crippen LogP contribution in [0.2, 0.25) is 0 Å². The first-order chi connectivity index (χ1) is 8.52. The molecule has 96 valence electrons. The van der Waals surface area contributed by atoms with E-state index < -0.39 is 5.97 Å². The van der Waals surface area contributed by atoms with Crippen LogP contribution in [0, 0.1) is 6.92 Å². The van der Waals surface area contributed by atoms with Crippen LogP contribution in [0.4, 0.5) is 0 Å². The topological polar surface area (TPSA) is 57.0 Å². The summed E-state index contributed by atoms with van der Waals surface area (Å²) < 4.78 is 7.52. The minimum absolute atomic E-state index is 0.0940. The molecular weight excluding hydrogens is 318 g/mol. The summed E-state index contributed by atoms with van der Waals surface area (Å²) in [6.45, 7) is 4.07. The molecule has 18 heavy (non-hydrogen) atoms. The van der Waals surface area contributed by atoms with Crippen molar-refractivity contribution in [3.8, 4) is 10.7 Å². The number of nitrogens with zero attached hydrogens (tertiary/aromatic N) is 3. The molecule has 0 radical (unpaired) electrons. The summed E-state index contributed by atoms with van der Waals surface area (Å²) in [7, 11) is 1.76. The second kappa shape index (κ2) is 5.19. The maximum Gasteiger partial charge on any atom is 0.378 e. The Morgan fingerprint density at radius 1 is 1.61 bits per heavy atom. The molecule has 5 nitrogen and oxygen atoms in total. The number of thiophene rings is 1. The molecule has 0 fully saturated rings. The summed E-state index contributed by atoms with van der Waals surface area (Å²) in [5.41, 5.74) is 1.13. The third kappa shape index (κ3) is 2.46. The van der Waals surface area contributed by atoms with Gasteiger partial charge in [-0.05, 0) is 41.4 Å². The molecule has 0 spiro atoms. The zero-order valence-electron chi connectivity index (χ0n) is 10.2. The number of hydrogen-bond acceptors (Lipinski definition) is 5. The van der Waals surface area contributed by atoms with E-state index in [1.807, 2.05) is 13.0 Å². The molecule has 2 aromatic heterocycles. The molecule has 2 rings (SSSR count). The van der Waals surface area contributed by atoms with Gasteiger partial charge in [0.25, 0.3) is 5.82 Å². The molecule has 0 aliphatic rings. The Hall–Kier alpha value is -1.21. The van der Waals surface area contributed by atoms with Gasteiger partial charge in [-0.15, -0.1) is 16.4 Å². The predicted molar refractivity (Wildman–Crippen MR) is 72.7 cm³/mol. The molecule has 0 saturated carbocycles. The van der Waals surface area contributed by atoms with Gasteiger partial charge in [0.05, 0.1) is 15.3 Å². The SMILES string of the molecule is CCOC(=O)c1nc(-c2cc(C)c(Br)s2)n(C)n1. The van der Waals surface area contributed by atoms with E-state index in [4.69, 9.17) is 4.74 Å². The van der Waals surface area contributed by atoms with Gasteiger partial charge in [-0.3, -0.25) is 0 Å². The number of rotatable bonds is 3.